The highest BCUT2D eigenvalue weighted by Gasteiger charge is 2.35. The number of aliphatic hydroxyl groups is 1. The molecule has 0 unspecified atom stereocenters. The summed E-state index contributed by atoms with van der Waals surface area (Å²) in [6.07, 6.45) is 0.194. The molecule has 0 bridgehead atoms. The highest BCUT2D eigenvalue weighted by molar-refractivity contribution is 6.08. The summed E-state index contributed by atoms with van der Waals surface area (Å²) in [5, 5.41) is 11.8. The van der Waals surface area contributed by atoms with E-state index in [-0.39, 0.29) is 42.8 Å². The number of rotatable bonds is 5. The zero-order valence-electron chi connectivity index (χ0n) is 19.9. The summed E-state index contributed by atoms with van der Waals surface area (Å²) < 4.78 is 0. The average molecular weight is 487 g/mol. The molecular formula is C27H26N4O5. The van der Waals surface area contributed by atoms with Crippen LogP contribution in [0.1, 0.15) is 28.4 Å². The standard InChI is InChI=1S/C27H26N4O5/c1-15(26(35)29-12-20(33)13-29)28-25(34)16(2)31-14-23-21(5-4-6-22(23)27(31)36)18-7-8-24-19(11-18)9-10-30(24)17(3)32/h4-8,11,20,33H,1-2,9-10,12-14H2,3H3,(H,28,34). The number of carbonyl (C=O) groups is 4. The lowest BCUT2D eigenvalue weighted by Crippen LogP contribution is -2.55. The van der Waals surface area contributed by atoms with Gasteiger partial charge in [-0.3, -0.25) is 24.1 Å². The Morgan fingerprint density at radius 3 is 2.47 bits per heavy atom. The van der Waals surface area contributed by atoms with Crippen LogP contribution in [0.3, 0.4) is 0 Å². The van der Waals surface area contributed by atoms with E-state index in [0.29, 0.717) is 12.1 Å². The van der Waals surface area contributed by atoms with E-state index in [9.17, 15) is 24.3 Å². The van der Waals surface area contributed by atoms with E-state index in [2.05, 4.69) is 18.5 Å². The van der Waals surface area contributed by atoms with Crippen molar-refractivity contribution in [3.8, 4) is 11.1 Å². The van der Waals surface area contributed by atoms with Crippen LogP contribution in [0.25, 0.3) is 11.1 Å². The minimum atomic E-state index is -0.695. The second-order valence-electron chi connectivity index (χ2n) is 9.23. The molecule has 0 radical (unpaired) electrons. The van der Waals surface area contributed by atoms with E-state index in [1.165, 1.54) is 9.80 Å². The molecule has 0 aliphatic carbocycles. The lowest BCUT2D eigenvalue weighted by molar-refractivity contribution is -0.138. The van der Waals surface area contributed by atoms with Gasteiger partial charge in [0.15, 0.2) is 0 Å². The number of nitrogens with one attached hydrogen (secondary N) is 1. The van der Waals surface area contributed by atoms with Gasteiger partial charge in [0, 0.05) is 37.8 Å². The Kier molecular flexibility index (Phi) is 5.72. The van der Waals surface area contributed by atoms with E-state index in [1.54, 1.807) is 24.0 Å². The van der Waals surface area contributed by atoms with E-state index >= 15 is 0 Å². The van der Waals surface area contributed by atoms with Crippen molar-refractivity contribution in [2.45, 2.75) is 26.0 Å². The average Bonchev–Trinajstić information content (AvgIpc) is 3.41. The fraction of sp³-hybridized carbons (Fsp3) is 0.259. The molecule has 1 saturated heterocycles. The number of carbonyl (C=O) groups excluding carboxylic acids is 4. The maximum Gasteiger partial charge on any atom is 0.271 e. The highest BCUT2D eigenvalue weighted by Crippen LogP contribution is 2.37. The Bertz CT molecular complexity index is 1360. The number of nitrogens with zero attached hydrogens (tertiary/aromatic N) is 3. The molecule has 36 heavy (non-hydrogen) atoms. The molecular weight excluding hydrogens is 460 g/mol. The van der Waals surface area contributed by atoms with Crippen LogP contribution in [0.4, 0.5) is 5.69 Å². The van der Waals surface area contributed by atoms with Crippen molar-refractivity contribution in [3.05, 3.63) is 77.6 Å². The largest absolute Gasteiger partial charge is 0.389 e. The molecule has 9 heteroatoms. The van der Waals surface area contributed by atoms with E-state index in [1.807, 2.05) is 24.3 Å². The zero-order valence-corrected chi connectivity index (χ0v) is 19.9. The Labute approximate surface area is 208 Å². The fourth-order valence-electron chi connectivity index (χ4n) is 4.91. The summed E-state index contributed by atoms with van der Waals surface area (Å²) in [6.45, 7) is 10.1. The first-order valence-electron chi connectivity index (χ1n) is 11.7. The van der Waals surface area contributed by atoms with Crippen LogP contribution in [0.2, 0.25) is 0 Å². The second kappa shape index (κ2) is 8.76. The summed E-state index contributed by atoms with van der Waals surface area (Å²) >= 11 is 0. The molecule has 0 aromatic heterocycles. The Hall–Kier alpha value is -4.24. The molecule has 3 heterocycles. The van der Waals surface area contributed by atoms with Crippen molar-refractivity contribution in [2.24, 2.45) is 0 Å². The maximum absolute atomic E-state index is 13.2. The fourth-order valence-corrected chi connectivity index (χ4v) is 4.91. The number of aliphatic hydroxyl groups excluding tert-OH is 1. The van der Waals surface area contributed by atoms with Crippen molar-refractivity contribution in [1.29, 1.82) is 0 Å². The minimum Gasteiger partial charge on any atom is -0.389 e. The molecule has 184 valence electrons. The van der Waals surface area contributed by atoms with E-state index in [4.69, 9.17) is 0 Å². The third-order valence-electron chi connectivity index (χ3n) is 6.89. The number of benzene rings is 2. The minimum absolute atomic E-state index is 0.00646. The van der Waals surface area contributed by atoms with E-state index in [0.717, 1.165) is 34.4 Å². The zero-order chi connectivity index (χ0) is 25.7. The van der Waals surface area contributed by atoms with Gasteiger partial charge in [0.05, 0.1) is 18.3 Å². The number of amides is 4. The monoisotopic (exact) mass is 486 g/mol. The van der Waals surface area contributed by atoms with E-state index < -0.39 is 17.9 Å². The molecule has 5 rings (SSSR count). The molecule has 1 fully saturated rings. The van der Waals surface area contributed by atoms with Crippen molar-refractivity contribution >= 4 is 29.3 Å². The van der Waals surface area contributed by atoms with Gasteiger partial charge in [-0.25, -0.2) is 0 Å². The molecule has 0 saturated carbocycles. The van der Waals surface area contributed by atoms with Crippen LogP contribution in [0, 0.1) is 0 Å². The van der Waals surface area contributed by atoms with Gasteiger partial charge in [-0.05, 0) is 46.9 Å². The number of anilines is 1. The molecule has 9 nitrogen and oxygen atoms in total. The number of hydrogen-bond acceptors (Lipinski definition) is 5. The van der Waals surface area contributed by atoms with Crippen LogP contribution in [-0.2, 0) is 27.3 Å². The van der Waals surface area contributed by atoms with Gasteiger partial charge in [0.25, 0.3) is 17.7 Å². The molecule has 3 aliphatic rings. The first kappa shape index (κ1) is 23.5. The Morgan fingerprint density at radius 2 is 1.78 bits per heavy atom. The van der Waals surface area contributed by atoms with Gasteiger partial charge in [0.2, 0.25) is 5.91 Å². The molecule has 2 aromatic carbocycles. The predicted molar refractivity (Wildman–Crippen MR) is 132 cm³/mol. The van der Waals surface area contributed by atoms with Gasteiger partial charge in [-0.15, -0.1) is 0 Å². The van der Waals surface area contributed by atoms with Crippen molar-refractivity contribution < 1.29 is 24.3 Å². The van der Waals surface area contributed by atoms with Crippen molar-refractivity contribution in [2.75, 3.05) is 24.5 Å². The van der Waals surface area contributed by atoms with Crippen LogP contribution < -0.4 is 10.2 Å². The third-order valence-corrected chi connectivity index (χ3v) is 6.89. The SMILES string of the molecule is C=C(NC(=O)C(=C)N1Cc2c(cccc2-c2ccc3c(c2)CCN3C(C)=O)C1=O)C(=O)N1CC(O)C1. The quantitative estimate of drug-likeness (QED) is 0.624. The summed E-state index contributed by atoms with van der Waals surface area (Å²) in [4.78, 5) is 54.5. The van der Waals surface area contributed by atoms with Gasteiger partial charge in [-0.2, -0.15) is 0 Å². The summed E-state index contributed by atoms with van der Waals surface area (Å²) in [7, 11) is 0. The molecule has 0 atom stereocenters. The van der Waals surface area contributed by atoms with Gasteiger partial charge < -0.3 is 20.2 Å². The van der Waals surface area contributed by atoms with Gasteiger partial charge in [-0.1, -0.05) is 31.4 Å². The number of fused-ring (bicyclic) bond motifs is 2. The summed E-state index contributed by atoms with van der Waals surface area (Å²) in [5.74, 6) is -1.52. The molecule has 2 aromatic rings. The number of likely N-dealkylation sites (tertiary alicyclic amines) is 1. The lowest BCUT2D eigenvalue weighted by Gasteiger charge is -2.36. The molecule has 4 amide bonds. The first-order chi connectivity index (χ1) is 17.2. The third kappa shape index (κ3) is 3.87. The van der Waals surface area contributed by atoms with Gasteiger partial charge >= 0.3 is 0 Å². The first-order valence-corrected chi connectivity index (χ1v) is 11.7. The number of β-amino-alcohol motifs (C(OH)–C–C–N with tert-alkyl or cyclic N) is 1. The summed E-state index contributed by atoms with van der Waals surface area (Å²) in [5.41, 5.74) is 4.81. The molecule has 2 N–H and O–H groups in total. The van der Waals surface area contributed by atoms with Crippen LogP contribution in [-0.4, -0.2) is 64.3 Å². The van der Waals surface area contributed by atoms with Gasteiger partial charge in [0.1, 0.15) is 5.70 Å². The normalized spacial score (nSPS) is 16.4. The topological polar surface area (TPSA) is 110 Å². The van der Waals surface area contributed by atoms with Crippen LogP contribution in [0.15, 0.2) is 61.0 Å². The van der Waals surface area contributed by atoms with Crippen molar-refractivity contribution in [1.82, 2.24) is 15.1 Å². The van der Waals surface area contributed by atoms with Crippen LogP contribution in [0.5, 0.6) is 0 Å². The second-order valence-corrected chi connectivity index (χ2v) is 9.23. The van der Waals surface area contributed by atoms with Crippen LogP contribution >= 0.6 is 0 Å². The number of hydrogen-bond donors (Lipinski definition) is 2. The maximum atomic E-state index is 13.2. The van der Waals surface area contributed by atoms with Crippen molar-refractivity contribution in [3.63, 3.8) is 0 Å². The summed E-state index contributed by atoms with van der Waals surface area (Å²) in [6, 6.07) is 11.4. The smallest absolute Gasteiger partial charge is 0.271 e. The molecule has 0 spiro atoms. The Balaban J connectivity index is 1.34. The molecule has 3 aliphatic heterocycles. The Morgan fingerprint density at radius 1 is 1.06 bits per heavy atom. The lowest BCUT2D eigenvalue weighted by atomic mass is 9.95. The highest BCUT2D eigenvalue weighted by atomic mass is 16.3. The predicted octanol–water partition coefficient (Wildman–Crippen LogP) is 1.57.